The van der Waals surface area contributed by atoms with Crippen molar-refractivity contribution in [3.8, 4) is 78.6 Å². The maximum absolute atomic E-state index is 12.6. The molecular weight excluding hydrogens is 875 g/mol. The van der Waals surface area contributed by atoms with Crippen molar-refractivity contribution in [2.45, 2.75) is 131 Å². The fourth-order valence-electron chi connectivity index (χ4n) is 9.77. The average Bonchev–Trinajstić information content (AvgIpc) is 3.73. The van der Waals surface area contributed by atoms with E-state index in [2.05, 4.69) is 236 Å². The molecule has 7 aromatic carbocycles. The highest BCUT2D eigenvalue weighted by molar-refractivity contribution is 5.98. The fourth-order valence-corrected chi connectivity index (χ4v) is 9.77. The van der Waals surface area contributed by atoms with Gasteiger partial charge in [-0.25, -0.2) is 4.98 Å². The maximum Gasteiger partial charge on any atom is 0.149 e. The summed E-state index contributed by atoms with van der Waals surface area (Å²) in [6.45, 7) is 32.9. The standard InChI is InChI=1S/C68H73N3O/c1-64(2,3)49-32-33-59(54(40-49)44-22-17-16-18-23-44)71-60-27-21-25-53(61(60)70-63(71)55-41-51(66(7,8)9)42-57(62(55)72)68(13,14)15)47-36-48(38-50(37-47)65(4,5)6)58-39-46(34-35-69-58)43-28-30-45(31-29-43)52-24-19-20-26-56(52)67(10,11)12/h16-42,72H,1-15H3/i34D,35D,39D. The van der Waals surface area contributed by atoms with Crippen LogP contribution in [0.15, 0.2) is 164 Å². The Balaban J connectivity index is 1.31. The highest BCUT2D eigenvalue weighted by Gasteiger charge is 2.30. The number of hydrogen-bond acceptors (Lipinski definition) is 3. The number of pyridine rings is 1. The fraction of sp³-hybridized carbons (Fsp3) is 0.294. The number of fused-ring (bicyclic) bond motifs is 1. The van der Waals surface area contributed by atoms with Crippen LogP contribution in [0, 0.1) is 0 Å². The highest BCUT2D eigenvalue weighted by Crippen LogP contribution is 2.46. The van der Waals surface area contributed by atoms with Crippen LogP contribution in [-0.4, -0.2) is 19.6 Å². The Hall–Kier alpha value is -7.04. The molecule has 0 saturated carbocycles. The first-order valence-electron chi connectivity index (χ1n) is 27.0. The molecule has 0 atom stereocenters. The molecule has 0 bridgehead atoms. The zero-order chi connectivity index (χ0) is 54.3. The highest BCUT2D eigenvalue weighted by atomic mass is 16.3. The summed E-state index contributed by atoms with van der Waals surface area (Å²) in [4.78, 5) is 10.4. The lowest BCUT2D eigenvalue weighted by molar-refractivity contribution is 0.446. The summed E-state index contributed by atoms with van der Waals surface area (Å²) < 4.78 is 30.3. The summed E-state index contributed by atoms with van der Waals surface area (Å²) in [6, 6.07) is 50.7. The molecule has 0 aliphatic heterocycles. The predicted octanol–water partition coefficient (Wildman–Crippen LogP) is 18.6. The maximum atomic E-state index is 12.6. The van der Waals surface area contributed by atoms with Crippen molar-refractivity contribution in [3.63, 3.8) is 0 Å². The number of imidazole rings is 1. The van der Waals surface area contributed by atoms with Crippen LogP contribution < -0.4 is 0 Å². The molecular formula is C68H73N3O. The van der Waals surface area contributed by atoms with Gasteiger partial charge in [-0.05, 0) is 131 Å². The lowest BCUT2D eigenvalue weighted by atomic mass is 9.79. The van der Waals surface area contributed by atoms with Gasteiger partial charge in [0.05, 0.1) is 32.1 Å². The van der Waals surface area contributed by atoms with E-state index in [0.717, 1.165) is 66.8 Å². The summed E-state index contributed by atoms with van der Waals surface area (Å²) in [7, 11) is 0. The first-order valence-corrected chi connectivity index (χ1v) is 25.5. The van der Waals surface area contributed by atoms with Gasteiger partial charge in [0, 0.05) is 28.4 Å². The molecule has 1 N–H and O–H groups in total. The molecule has 0 saturated heterocycles. The SMILES string of the molecule is [2H]c1nc(-c2cc(-c3cccc4c3nc(-c3cc(C(C)(C)C)cc(C(C)(C)C)c3O)n4-c3ccc(C(C)(C)C)cc3-c3ccccc3)cc(C(C)(C)C)c2)c([2H])c(-c2ccc(-c3ccccc3C(C)(C)C)cc2)c1[2H]. The lowest BCUT2D eigenvalue weighted by Gasteiger charge is -2.28. The van der Waals surface area contributed by atoms with E-state index in [1.807, 2.05) is 18.2 Å². The van der Waals surface area contributed by atoms with Crippen LogP contribution in [0.25, 0.3) is 83.9 Å². The summed E-state index contributed by atoms with van der Waals surface area (Å²) in [5, 5.41) is 12.6. The smallest absolute Gasteiger partial charge is 0.149 e. The number of para-hydroxylation sites is 1. The van der Waals surface area contributed by atoms with Crippen LogP contribution in [0.3, 0.4) is 0 Å². The number of hydrogen-bond donors (Lipinski definition) is 1. The number of phenolic OH excluding ortho intramolecular Hbond substituents is 1. The molecule has 9 aromatic rings. The quantitative estimate of drug-likeness (QED) is 0.173. The molecule has 0 fully saturated rings. The molecule has 4 heteroatoms. The Morgan fingerprint density at radius 2 is 1.00 bits per heavy atom. The van der Waals surface area contributed by atoms with Crippen molar-refractivity contribution in [2.24, 2.45) is 0 Å². The molecule has 72 heavy (non-hydrogen) atoms. The second-order valence-corrected chi connectivity index (χ2v) is 24.8. The van der Waals surface area contributed by atoms with Crippen LogP contribution in [0.1, 0.15) is 136 Å². The molecule has 2 heterocycles. The van der Waals surface area contributed by atoms with Crippen molar-refractivity contribution in [2.75, 3.05) is 0 Å². The van der Waals surface area contributed by atoms with E-state index in [-0.39, 0.29) is 51.1 Å². The van der Waals surface area contributed by atoms with E-state index in [4.69, 9.17) is 12.7 Å². The number of rotatable bonds is 7. The molecule has 2 aromatic heterocycles. The van der Waals surface area contributed by atoms with Gasteiger partial charge >= 0.3 is 0 Å². The molecule has 0 radical (unpaired) electrons. The largest absolute Gasteiger partial charge is 0.507 e. The molecule has 0 aliphatic rings. The molecule has 366 valence electrons. The number of nitrogens with zero attached hydrogens (tertiary/aromatic N) is 3. The Labute approximate surface area is 434 Å². The van der Waals surface area contributed by atoms with Crippen molar-refractivity contribution in [3.05, 3.63) is 192 Å². The van der Waals surface area contributed by atoms with Gasteiger partial charge in [-0.2, -0.15) is 0 Å². The lowest BCUT2D eigenvalue weighted by Crippen LogP contribution is -2.17. The normalized spacial score (nSPS) is 13.3. The topological polar surface area (TPSA) is 50.9 Å². The summed E-state index contributed by atoms with van der Waals surface area (Å²) >= 11 is 0. The monoisotopic (exact) mass is 951 g/mol. The second-order valence-electron chi connectivity index (χ2n) is 24.8. The minimum Gasteiger partial charge on any atom is -0.507 e. The van der Waals surface area contributed by atoms with Gasteiger partial charge < -0.3 is 5.11 Å². The van der Waals surface area contributed by atoms with Crippen molar-refractivity contribution >= 4 is 11.0 Å². The number of aromatic nitrogens is 3. The van der Waals surface area contributed by atoms with Crippen LogP contribution in [0.4, 0.5) is 0 Å². The van der Waals surface area contributed by atoms with E-state index in [1.165, 1.54) is 11.1 Å². The molecule has 0 spiro atoms. The second kappa shape index (κ2) is 18.2. The Morgan fingerprint density at radius 3 is 1.65 bits per heavy atom. The van der Waals surface area contributed by atoms with Crippen LogP contribution in [-0.2, 0) is 27.1 Å². The third-order valence-corrected chi connectivity index (χ3v) is 14.1. The van der Waals surface area contributed by atoms with Gasteiger partial charge in [0.15, 0.2) is 0 Å². The van der Waals surface area contributed by atoms with Gasteiger partial charge in [-0.15, -0.1) is 0 Å². The number of phenols is 1. The van der Waals surface area contributed by atoms with Gasteiger partial charge in [-0.1, -0.05) is 213 Å². The van der Waals surface area contributed by atoms with Gasteiger partial charge in [0.1, 0.15) is 11.6 Å². The Bertz CT molecular complexity index is 3640. The predicted molar refractivity (Wildman–Crippen MR) is 307 cm³/mol. The molecule has 9 rings (SSSR count). The molecule has 4 nitrogen and oxygen atoms in total. The summed E-state index contributed by atoms with van der Waals surface area (Å²) in [5.41, 5.74) is 15.6. The average molecular weight is 951 g/mol. The third kappa shape index (κ3) is 9.81. The van der Waals surface area contributed by atoms with E-state index in [0.29, 0.717) is 33.8 Å². The van der Waals surface area contributed by atoms with Crippen molar-refractivity contribution in [1.82, 2.24) is 14.5 Å². The first kappa shape index (κ1) is 46.1. The number of aromatic hydroxyl groups is 1. The van der Waals surface area contributed by atoms with E-state index < -0.39 is 0 Å². The third-order valence-electron chi connectivity index (χ3n) is 14.1. The van der Waals surface area contributed by atoms with Crippen molar-refractivity contribution < 1.29 is 9.22 Å². The van der Waals surface area contributed by atoms with Gasteiger partial charge in [-0.3, -0.25) is 9.55 Å². The zero-order valence-corrected chi connectivity index (χ0v) is 45.1. The van der Waals surface area contributed by atoms with E-state index >= 15 is 0 Å². The first-order chi connectivity index (χ1) is 35.0. The minimum absolute atomic E-state index is 0.0617. The summed E-state index contributed by atoms with van der Waals surface area (Å²) in [6.07, 6.45) is -0.190. The van der Waals surface area contributed by atoms with E-state index in [1.54, 1.807) is 0 Å². The van der Waals surface area contributed by atoms with Gasteiger partial charge in [0.25, 0.3) is 0 Å². The van der Waals surface area contributed by atoms with Crippen molar-refractivity contribution in [1.29, 1.82) is 0 Å². The van der Waals surface area contributed by atoms with E-state index in [9.17, 15) is 6.48 Å². The Kier molecular flexibility index (Phi) is 11.7. The molecule has 0 aliphatic carbocycles. The van der Waals surface area contributed by atoms with Gasteiger partial charge in [0.2, 0.25) is 0 Å². The minimum atomic E-state index is -0.376. The molecule has 0 unspecified atom stereocenters. The number of benzene rings is 7. The van der Waals surface area contributed by atoms with Crippen LogP contribution in [0.2, 0.25) is 0 Å². The molecule has 0 amide bonds. The van der Waals surface area contributed by atoms with Crippen LogP contribution in [0.5, 0.6) is 5.75 Å². The van der Waals surface area contributed by atoms with Crippen LogP contribution >= 0.6 is 0 Å². The zero-order valence-electron chi connectivity index (χ0n) is 48.1. The Morgan fingerprint density at radius 1 is 0.431 bits per heavy atom. The summed E-state index contributed by atoms with van der Waals surface area (Å²) in [5.74, 6) is 0.827.